The summed E-state index contributed by atoms with van der Waals surface area (Å²) in [6.45, 7) is 2.81. The van der Waals surface area contributed by atoms with Crippen molar-refractivity contribution in [3.63, 3.8) is 0 Å². The maximum absolute atomic E-state index is 12.2. The molecule has 1 aliphatic carbocycles. The van der Waals surface area contributed by atoms with Crippen LogP contribution in [0.2, 0.25) is 0 Å². The third-order valence-corrected chi connectivity index (χ3v) is 3.74. The summed E-state index contributed by atoms with van der Waals surface area (Å²) in [5, 5.41) is 2.99. The summed E-state index contributed by atoms with van der Waals surface area (Å²) in [4.78, 5) is 29.5. The van der Waals surface area contributed by atoms with E-state index in [0.717, 1.165) is 30.4 Å². The highest BCUT2D eigenvalue weighted by Gasteiger charge is 2.27. The molecule has 1 aromatic rings. The van der Waals surface area contributed by atoms with Crippen LogP contribution in [0.3, 0.4) is 0 Å². The maximum atomic E-state index is 12.2. The summed E-state index contributed by atoms with van der Waals surface area (Å²) in [5.41, 5.74) is 2.71. The van der Waals surface area contributed by atoms with E-state index < -0.39 is 0 Å². The zero-order valence-corrected chi connectivity index (χ0v) is 11.0. The molecule has 0 atom stereocenters. The van der Waals surface area contributed by atoms with Crippen LogP contribution in [0.15, 0.2) is 12.4 Å². The molecular formula is C14H17N3O2. The number of carbonyl (C=O) groups is 2. The molecule has 1 fully saturated rings. The van der Waals surface area contributed by atoms with Crippen molar-refractivity contribution in [3.05, 3.63) is 29.1 Å². The first kappa shape index (κ1) is 12.1. The third-order valence-electron chi connectivity index (χ3n) is 3.74. The van der Waals surface area contributed by atoms with E-state index in [4.69, 9.17) is 0 Å². The van der Waals surface area contributed by atoms with Gasteiger partial charge in [0.1, 0.15) is 0 Å². The molecule has 2 heterocycles. The SMILES string of the molecule is CC(=O)N1CCc2c(cncc2C(=O)NC2CC2)C1. The number of aromatic nitrogens is 1. The number of nitrogens with zero attached hydrogens (tertiary/aromatic N) is 2. The normalized spacial score (nSPS) is 17.8. The molecular weight excluding hydrogens is 242 g/mol. The molecule has 1 N–H and O–H groups in total. The lowest BCUT2D eigenvalue weighted by Crippen LogP contribution is -2.36. The quantitative estimate of drug-likeness (QED) is 0.857. The Balaban J connectivity index is 1.85. The van der Waals surface area contributed by atoms with Crippen molar-refractivity contribution in [3.8, 4) is 0 Å². The molecule has 1 aromatic heterocycles. The first-order valence-corrected chi connectivity index (χ1v) is 6.67. The van der Waals surface area contributed by atoms with Crippen molar-refractivity contribution >= 4 is 11.8 Å². The van der Waals surface area contributed by atoms with Crippen LogP contribution in [0.25, 0.3) is 0 Å². The first-order valence-electron chi connectivity index (χ1n) is 6.67. The van der Waals surface area contributed by atoms with E-state index in [1.165, 1.54) is 0 Å². The molecule has 1 aliphatic heterocycles. The van der Waals surface area contributed by atoms with Crippen molar-refractivity contribution in [1.82, 2.24) is 15.2 Å². The van der Waals surface area contributed by atoms with Gasteiger partial charge in [0, 0.05) is 38.4 Å². The van der Waals surface area contributed by atoms with Crippen molar-refractivity contribution in [2.75, 3.05) is 6.54 Å². The lowest BCUT2D eigenvalue weighted by atomic mass is 9.96. The van der Waals surface area contributed by atoms with Gasteiger partial charge in [-0.05, 0) is 30.4 Å². The number of fused-ring (bicyclic) bond motifs is 1. The Labute approximate surface area is 112 Å². The van der Waals surface area contributed by atoms with Crippen molar-refractivity contribution < 1.29 is 9.59 Å². The molecule has 0 unspecified atom stereocenters. The monoisotopic (exact) mass is 259 g/mol. The van der Waals surface area contributed by atoms with Crippen molar-refractivity contribution in [2.24, 2.45) is 0 Å². The van der Waals surface area contributed by atoms with Gasteiger partial charge in [-0.25, -0.2) is 0 Å². The van der Waals surface area contributed by atoms with E-state index in [-0.39, 0.29) is 11.8 Å². The average Bonchev–Trinajstić information content (AvgIpc) is 3.21. The number of amides is 2. The lowest BCUT2D eigenvalue weighted by molar-refractivity contribution is -0.129. The van der Waals surface area contributed by atoms with Crippen LogP contribution in [-0.2, 0) is 17.8 Å². The minimum absolute atomic E-state index is 0.0249. The summed E-state index contributed by atoms with van der Waals surface area (Å²) in [6, 6.07) is 0.348. The molecule has 0 spiro atoms. The molecule has 0 radical (unpaired) electrons. The Morgan fingerprint density at radius 3 is 2.84 bits per heavy atom. The van der Waals surface area contributed by atoms with Crippen LogP contribution in [0.5, 0.6) is 0 Å². The summed E-state index contributed by atoms with van der Waals surface area (Å²) in [7, 11) is 0. The second-order valence-electron chi connectivity index (χ2n) is 5.26. The summed E-state index contributed by atoms with van der Waals surface area (Å²) in [6.07, 6.45) is 6.28. The van der Waals surface area contributed by atoms with Crippen LogP contribution in [0.1, 0.15) is 41.3 Å². The van der Waals surface area contributed by atoms with Crippen LogP contribution in [0.4, 0.5) is 0 Å². The topological polar surface area (TPSA) is 62.3 Å². The second-order valence-corrected chi connectivity index (χ2v) is 5.26. The van der Waals surface area contributed by atoms with Crippen LogP contribution in [-0.4, -0.2) is 34.3 Å². The van der Waals surface area contributed by atoms with Gasteiger partial charge in [-0.15, -0.1) is 0 Å². The summed E-state index contributed by atoms with van der Waals surface area (Å²) < 4.78 is 0. The zero-order chi connectivity index (χ0) is 13.4. The largest absolute Gasteiger partial charge is 0.349 e. The molecule has 5 nitrogen and oxygen atoms in total. The fourth-order valence-corrected chi connectivity index (χ4v) is 2.45. The van der Waals surface area contributed by atoms with Gasteiger partial charge in [-0.3, -0.25) is 14.6 Å². The summed E-state index contributed by atoms with van der Waals surface area (Å²) >= 11 is 0. The molecule has 2 amide bonds. The molecule has 5 heteroatoms. The van der Waals surface area contributed by atoms with Crippen LogP contribution < -0.4 is 5.32 Å². The van der Waals surface area contributed by atoms with Gasteiger partial charge in [0.25, 0.3) is 5.91 Å². The predicted molar refractivity (Wildman–Crippen MR) is 69.5 cm³/mol. The van der Waals surface area contributed by atoms with Gasteiger partial charge in [-0.1, -0.05) is 0 Å². The second kappa shape index (κ2) is 4.64. The third kappa shape index (κ3) is 2.45. The van der Waals surface area contributed by atoms with Crippen molar-refractivity contribution in [2.45, 2.75) is 38.8 Å². The standard InChI is InChI=1S/C14H17N3O2/c1-9(18)17-5-4-12-10(8-17)6-15-7-13(12)14(19)16-11-2-3-11/h6-7,11H,2-5,8H2,1H3,(H,16,19). The Kier molecular flexibility index (Phi) is 2.97. The fraction of sp³-hybridized carbons (Fsp3) is 0.500. The molecule has 0 aromatic carbocycles. The minimum atomic E-state index is -0.0249. The average molecular weight is 259 g/mol. The van der Waals surface area contributed by atoms with Gasteiger partial charge in [-0.2, -0.15) is 0 Å². The summed E-state index contributed by atoms with van der Waals surface area (Å²) in [5.74, 6) is 0.0432. The Morgan fingerprint density at radius 1 is 1.37 bits per heavy atom. The molecule has 100 valence electrons. The number of hydrogen-bond acceptors (Lipinski definition) is 3. The first-order chi connectivity index (χ1) is 9.15. The molecule has 3 rings (SSSR count). The van der Waals surface area contributed by atoms with Gasteiger partial charge in [0.2, 0.25) is 5.91 Å². The fourth-order valence-electron chi connectivity index (χ4n) is 2.45. The van der Waals surface area contributed by atoms with Gasteiger partial charge in [0.15, 0.2) is 0 Å². The Morgan fingerprint density at radius 2 is 2.16 bits per heavy atom. The Bertz CT molecular complexity index is 537. The number of carbonyl (C=O) groups excluding carboxylic acids is 2. The molecule has 1 saturated carbocycles. The van der Waals surface area contributed by atoms with Gasteiger partial charge in [0.05, 0.1) is 5.56 Å². The van der Waals surface area contributed by atoms with Gasteiger partial charge >= 0.3 is 0 Å². The van der Waals surface area contributed by atoms with Crippen LogP contribution >= 0.6 is 0 Å². The van der Waals surface area contributed by atoms with Gasteiger partial charge < -0.3 is 10.2 Å². The molecule has 0 saturated heterocycles. The highest BCUT2D eigenvalue weighted by Crippen LogP contribution is 2.24. The van der Waals surface area contributed by atoms with E-state index >= 15 is 0 Å². The van der Waals surface area contributed by atoms with Crippen molar-refractivity contribution in [1.29, 1.82) is 0 Å². The lowest BCUT2D eigenvalue weighted by Gasteiger charge is -2.28. The maximum Gasteiger partial charge on any atom is 0.253 e. The highest BCUT2D eigenvalue weighted by atomic mass is 16.2. The predicted octanol–water partition coefficient (Wildman–Crippen LogP) is 0.878. The number of pyridine rings is 1. The number of nitrogens with one attached hydrogen (secondary N) is 1. The van der Waals surface area contributed by atoms with E-state index in [0.29, 0.717) is 24.7 Å². The molecule has 0 bridgehead atoms. The van der Waals surface area contributed by atoms with E-state index in [2.05, 4.69) is 10.3 Å². The highest BCUT2D eigenvalue weighted by molar-refractivity contribution is 5.96. The van der Waals surface area contributed by atoms with E-state index in [1.807, 2.05) is 0 Å². The smallest absolute Gasteiger partial charge is 0.253 e. The van der Waals surface area contributed by atoms with E-state index in [9.17, 15) is 9.59 Å². The van der Waals surface area contributed by atoms with E-state index in [1.54, 1.807) is 24.2 Å². The minimum Gasteiger partial charge on any atom is -0.349 e. The molecule has 19 heavy (non-hydrogen) atoms. The number of hydrogen-bond donors (Lipinski definition) is 1. The Hall–Kier alpha value is -1.91. The van der Waals surface area contributed by atoms with Crippen LogP contribution in [0, 0.1) is 0 Å². The zero-order valence-electron chi connectivity index (χ0n) is 11.0. The number of rotatable bonds is 2. The molecule has 2 aliphatic rings.